The zero-order valence-electron chi connectivity index (χ0n) is 22.4. The number of aryl methyl sites for hydroxylation is 1. The summed E-state index contributed by atoms with van der Waals surface area (Å²) >= 11 is 0. The van der Waals surface area contributed by atoms with Crippen LogP contribution in [0.2, 0.25) is 0 Å². The lowest BCUT2D eigenvalue weighted by molar-refractivity contribution is 0.397. The first kappa shape index (κ1) is 27.4. The number of phenols is 2. The van der Waals surface area contributed by atoms with Crippen molar-refractivity contribution >= 4 is 20.9 Å². The van der Waals surface area contributed by atoms with Crippen molar-refractivity contribution in [2.45, 2.75) is 17.7 Å². The molecule has 0 atom stereocenters. The second kappa shape index (κ2) is 10.5. The molecule has 2 aromatic heterocycles. The molecule has 5 aromatic rings. The molecular formula is C30H26FN3O7S. The lowest BCUT2D eigenvalue weighted by Gasteiger charge is -2.19. The Balaban J connectivity index is 1.41. The molecule has 0 aliphatic carbocycles. The number of halogens is 1. The van der Waals surface area contributed by atoms with E-state index in [2.05, 4.69) is 4.98 Å². The molecule has 0 saturated carbocycles. The first-order chi connectivity index (χ1) is 20.1. The molecule has 3 heterocycles. The smallest absolute Gasteiger partial charge is 0.274 e. The number of nitrogens with one attached hydrogen (secondary N) is 1. The molecule has 12 heteroatoms. The molecule has 6 rings (SSSR count). The maximum absolute atomic E-state index is 15.3. The number of nitrogens with zero attached hydrogens (tertiary/aromatic N) is 2. The number of aromatic nitrogens is 2. The van der Waals surface area contributed by atoms with Crippen LogP contribution in [0, 0.1) is 5.82 Å². The van der Waals surface area contributed by atoms with Crippen LogP contribution in [0.3, 0.4) is 0 Å². The number of benzene rings is 3. The van der Waals surface area contributed by atoms with E-state index in [1.165, 1.54) is 57.4 Å². The molecule has 0 bridgehead atoms. The number of pyridine rings is 1. The van der Waals surface area contributed by atoms with Gasteiger partial charge in [0.05, 0.1) is 4.90 Å². The van der Waals surface area contributed by atoms with Gasteiger partial charge in [0.15, 0.2) is 23.1 Å². The van der Waals surface area contributed by atoms with E-state index in [1.807, 2.05) is 0 Å². The summed E-state index contributed by atoms with van der Waals surface area (Å²) in [6, 6.07) is 13.9. The molecule has 216 valence electrons. The minimum Gasteiger partial charge on any atom is -0.504 e. The molecule has 0 radical (unpaired) electrons. The van der Waals surface area contributed by atoms with Crippen LogP contribution in [-0.4, -0.2) is 45.6 Å². The number of fused-ring (bicyclic) bond motifs is 1. The SMILES string of the molecule is Cn1cc(-c2cc(S(=O)(=O)N3CCCC3)ccc2Oc2ccc(Oc3ccc(O)c(O)c3)cc2F)c2cc[nH]c2c1=O. The van der Waals surface area contributed by atoms with Gasteiger partial charge in [-0.3, -0.25) is 4.79 Å². The van der Waals surface area contributed by atoms with E-state index < -0.39 is 15.8 Å². The average molecular weight is 592 g/mol. The number of hydrogen-bond acceptors (Lipinski definition) is 7. The van der Waals surface area contributed by atoms with Gasteiger partial charge in [-0.2, -0.15) is 4.31 Å². The van der Waals surface area contributed by atoms with Gasteiger partial charge in [0, 0.05) is 61.2 Å². The minimum atomic E-state index is -3.79. The van der Waals surface area contributed by atoms with Crippen LogP contribution in [0.15, 0.2) is 82.7 Å². The Labute approximate surface area is 239 Å². The Morgan fingerprint density at radius 1 is 0.857 bits per heavy atom. The fraction of sp³-hybridized carbons (Fsp3) is 0.167. The highest BCUT2D eigenvalue weighted by atomic mass is 32.2. The van der Waals surface area contributed by atoms with Gasteiger partial charge in [-0.25, -0.2) is 12.8 Å². The van der Waals surface area contributed by atoms with Crippen molar-refractivity contribution in [1.29, 1.82) is 0 Å². The van der Waals surface area contributed by atoms with Gasteiger partial charge in [-0.1, -0.05) is 0 Å². The zero-order valence-corrected chi connectivity index (χ0v) is 23.2. The lowest BCUT2D eigenvalue weighted by atomic mass is 10.0. The number of aromatic hydroxyl groups is 2. The summed E-state index contributed by atoms with van der Waals surface area (Å²) < 4.78 is 56.5. The summed E-state index contributed by atoms with van der Waals surface area (Å²) in [5, 5.41) is 19.7. The monoisotopic (exact) mass is 591 g/mol. The van der Waals surface area contributed by atoms with Crippen LogP contribution in [0.5, 0.6) is 34.5 Å². The second-order valence-electron chi connectivity index (χ2n) is 9.94. The molecular weight excluding hydrogens is 565 g/mol. The van der Waals surface area contributed by atoms with Gasteiger partial charge in [-0.15, -0.1) is 0 Å². The number of ether oxygens (including phenoxy) is 2. The summed E-state index contributed by atoms with van der Waals surface area (Å²) in [4.78, 5) is 15.7. The third kappa shape index (κ3) is 4.95. The van der Waals surface area contributed by atoms with Crippen LogP contribution in [0.25, 0.3) is 22.0 Å². The van der Waals surface area contributed by atoms with Crippen molar-refractivity contribution in [3.8, 4) is 45.6 Å². The minimum absolute atomic E-state index is 0.0608. The number of sulfonamides is 1. The van der Waals surface area contributed by atoms with Gasteiger partial charge in [-0.05, 0) is 61.4 Å². The van der Waals surface area contributed by atoms with E-state index in [4.69, 9.17) is 9.47 Å². The highest BCUT2D eigenvalue weighted by Crippen LogP contribution is 2.40. The topological polar surface area (TPSA) is 134 Å². The summed E-state index contributed by atoms with van der Waals surface area (Å²) in [6.07, 6.45) is 4.77. The number of aromatic amines is 1. The van der Waals surface area contributed by atoms with Crippen molar-refractivity contribution in [3.05, 3.63) is 89.2 Å². The lowest BCUT2D eigenvalue weighted by Crippen LogP contribution is -2.27. The average Bonchev–Trinajstić information content (AvgIpc) is 3.68. The Hall–Kier alpha value is -4.81. The van der Waals surface area contributed by atoms with Crippen LogP contribution in [-0.2, 0) is 17.1 Å². The van der Waals surface area contributed by atoms with Gasteiger partial charge in [0.2, 0.25) is 10.0 Å². The number of phenolic OH excluding ortho intramolecular Hbond substituents is 2. The fourth-order valence-electron chi connectivity index (χ4n) is 4.98. The predicted molar refractivity (Wildman–Crippen MR) is 153 cm³/mol. The largest absolute Gasteiger partial charge is 0.504 e. The molecule has 0 unspecified atom stereocenters. The van der Waals surface area contributed by atoms with Crippen molar-refractivity contribution in [2.75, 3.05) is 13.1 Å². The van der Waals surface area contributed by atoms with E-state index in [0.29, 0.717) is 35.1 Å². The Bertz CT molecular complexity index is 2000. The standard InChI is InChI=1S/C30H26FN3O7S/c1-33-17-23(21-10-11-32-29(21)30(33)37)22-16-20(42(38,39)34-12-2-3-13-34)6-9-27(22)41-28-8-5-18(14-24(28)31)40-19-4-7-25(35)26(36)15-19/h4-11,14-17,32,35-36H,2-3,12-13H2,1H3. The molecule has 0 spiro atoms. The number of rotatable bonds is 7. The Morgan fingerprint density at radius 3 is 2.31 bits per heavy atom. The van der Waals surface area contributed by atoms with E-state index in [1.54, 1.807) is 25.5 Å². The predicted octanol–water partition coefficient (Wildman–Crippen LogP) is 5.45. The summed E-state index contributed by atoms with van der Waals surface area (Å²) in [5.41, 5.74) is 0.955. The summed E-state index contributed by atoms with van der Waals surface area (Å²) in [6.45, 7) is 0.864. The molecule has 1 aliphatic heterocycles. The van der Waals surface area contributed by atoms with Crippen LogP contribution in [0.4, 0.5) is 4.39 Å². The molecule has 3 N–H and O–H groups in total. The summed E-state index contributed by atoms with van der Waals surface area (Å²) in [7, 11) is -2.20. The molecule has 10 nitrogen and oxygen atoms in total. The third-order valence-corrected chi connectivity index (χ3v) is 9.04. The highest BCUT2D eigenvalue weighted by Gasteiger charge is 2.29. The molecule has 42 heavy (non-hydrogen) atoms. The van der Waals surface area contributed by atoms with Crippen molar-refractivity contribution in [3.63, 3.8) is 0 Å². The van der Waals surface area contributed by atoms with Gasteiger partial charge >= 0.3 is 0 Å². The van der Waals surface area contributed by atoms with Crippen LogP contribution < -0.4 is 15.0 Å². The molecule has 0 amide bonds. The normalized spacial score (nSPS) is 14.0. The van der Waals surface area contributed by atoms with Crippen LogP contribution >= 0.6 is 0 Å². The first-order valence-electron chi connectivity index (χ1n) is 13.1. The van der Waals surface area contributed by atoms with E-state index in [9.17, 15) is 23.4 Å². The molecule has 1 fully saturated rings. The third-order valence-electron chi connectivity index (χ3n) is 7.14. The van der Waals surface area contributed by atoms with Crippen molar-refractivity contribution in [2.24, 2.45) is 7.05 Å². The van der Waals surface area contributed by atoms with Gasteiger partial charge < -0.3 is 29.2 Å². The van der Waals surface area contributed by atoms with Crippen LogP contribution in [0.1, 0.15) is 12.8 Å². The summed E-state index contributed by atoms with van der Waals surface area (Å²) in [5.74, 6) is -1.14. The van der Waals surface area contributed by atoms with Gasteiger partial charge in [0.25, 0.3) is 5.56 Å². The molecule has 3 aromatic carbocycles. The second-order valence-corrected chi connectivity index (χ2v) is 11.9. The first-order valence-corrected chi connectivity index (χ1v) is 14.5. The van der Waals surface area contributed by atoms with Crippen molar-refractivity contribution < 1.29 is 32.5 Å². The van der Waals surface area contributed by atoms with Crippen molar-refractivity contribution in [1.82, 2.24) is 13.9 Å². The number of H-pyrrole nitrogens is 1. The highest BCUT2D eigenvalue weighted by molar-refractivity contribution is 7.89. The van der Waals surface area contributed by atoms with E-state index >= 15 is 4.39 Å². The Kier molecular flexibility index (Phi) is 6.87. The van der Waals surface area contributed by atoms with Gasteiger partial charge in [0.1, 0.15) is 22.8 Å². The van der Waals surface area contributed by atoms with E-state index in [-0.39, 0.29) is 45.0 Å². The maximum atomic E-state index is 15.3. The molecule has 1 saturated heterocycles. The molecule has 1 aliphatic rings. The zero-order chi connectivity index (χ0) is 29.6. The fourth-order valence-corrected chi connectivity index (χ4v) is 6.52. The number of hydrogen-bond donors (Lipinski definition) is 3. The quantitative estimate of drug-likeness (QED) is 0.214. The van der Waals surface area contributed by atoms with E-state index in [0.717, 1.165) is 18.9 Å². The maximum Gasteiger partial charge on any atom is 0.274 e. The Morgan fingerprint density at radius 2 is 1.57 bits per heavy atom.